The molecule has 1 rings (SSSR count). The van der Waals surface area contributed by atoms with Crippen molar-refractivity contribution in [1.82, 2.24) is 5.43 Å². The molecule has 4 N–H and O–H groups in total. The second-order valence-electron chi connectivity index (χ2n) is 2.44. The van der Waals surface area contributed by atoms with Crippen LogP contribution in [0.1, 0.15) is 0 Å². The van der Waals surface area contributed by atoms with Gasteiger partial charge in [-0.1, -0.05) is 11.6 Å². The minimum atomic E-state index is -0.190. The summed E-state index contributed by atoms with van der Waals surface area (Å²) >= 11 is 5.66. The highest BCUT2D eigenvalue weighted by Gasteiger charge is 1.99. The molecule has 0 atom stereocenters. The predicted molar refractivity (Wildman–Crippen MR) is 52.3 cm³/mol. The molecule has 0 unspecified atom stereocenters. The highest BCUT2D eigenvalue weighted by atomic mass is 35.5. The van der Waals surface area contributed by atoms with E-state index in [1.807, 2.05) is 0 Å². The molecule has 0 saturated carbocycles. The van der Waals surface area contributed by atoms with Crippen LogP contribution < -0.4 is 16.6 Å². The highest BCUT2D eigenvalue weighted by molar-refractivity contribution is 6.30. The van der Waals surface area contributed by atoms with E-state index in [4.69, 9.17) is 17.4 Å². The third kappa shape index (κ3) is 3.42. The van der Waals surface area contributed by atoms with Crippen LogP contribution in [0.3, 0.4) is 0 Å². The molecule has 0 aromatic heterocycles. The summed E-state index contributed by atoms with van der Waals surface area (Å²) in [5.74, 6) is 4.79. The van der Waals surface area contributed by atoms with E-state index < -0.39 is 0 Å². The molecule has 4 nitrogen and oxygen atoms in total. The van der Waals surface area contributed by atoms with Crippen molar-refractivity contribution in [1.29, 1.82) is 0 Å². The maximum absolute atomic E-state index is 11.0. The van der Waals surface area contributed by atoms with Crippen LogP contribution >= 0.6 is 11.6 Å². The summed E-state index contributed by atoms with van der Waals surface area (Å²) in [6.07, 6.45) is 0. The Balaban J connectivity index is 2.54. The van der Waals surface area contributed by atoms with E-state index in [1.54, 1.807) is 24.3 Å². The molecule has 0 aliphatic heterocycles. The van der Waals surface area contributed by atoms with E-state index in [2.05, 4.69) is 10.7 Å². The van der Waals surface area contributed by atoms with Crippen LogP contribution in [0.5, 0.6) is 0 Å². The quantitative estimate of drug-likeness (QED) is 0.497. The van der Waals surface area contributed by atoms with Gasteiger partial charge in [0.25, 0.3) is 0 Å². The first-order valence-corrected chi connectivity index (χ1v) is 4.09. The van der Waals surface area contributed by atoms with Crippen LogP contribution in [0.2, 0.25) is 5.02 Å². The van der Waals surface area contributed by atoms with Crippen molar-refractivity contribution in [2.45, 2.75) is 0 Å². The molecule has 0 spiro atoms. The SMILES string of the molecule is NNCC(=O)Nc1ccc(Cl)cc1. The standard InChI is InChI=1S/C8H10ClN3O/c9-6-1-3-7(4-2-6)12-8(13)5-11-10/h1-4,11H,5,10H2,(H,12,13). The Bertz CT molecular complexity index is 286. The Morgan fingerprint density at radius 3 is 2.54 bits per heavy atom. The molecule has 5 heteroatoms. The second-order valence-corrected chi connectivity index (χ2v) is 2.87. The van der Waals surface area contributed by atoms with Gasteiger partial charge >= 0.3 is 0 Å². The van der Waals surface area contributed by atoms with Gasteiger partial charge in [0, 0.05) is 10.7 Å². The van der Waals surface area contributed by atoms with Crippen molar-refractivity contribution < 1.29 is 4.79 Å². The van der Waals surface area contributed by atoms with Gasteiger partial charge in [-0.3, -0.25) is 16.1 Å². The third-order valence-electron chi connectivity index (χ3n) is 1.39. The lowest BCUT2D eigenvalue weighted by atomic mass is 10.3. The van der Waals surface area contributed by atoms with E-state index in [0.29, 0.717) is 10.7 Å². The summed E-state index contributed by atoms with van der Waals surface area (Å²) in [6, 6.07) is 6.84. The first kappa shape index (κ1) is 9.98. The minimum absolute atomic E-state index is 0.0859. The molecule has 0 bridgehead atoms. The number of rotatable bonds is 3. The van der Waals surface area contributed by atoms with Crippen LogP contribution in [0.25, 0.3) is 0 Å². The molecule has 0 radical (unpaired) electrons. The smallest absolute Gasteiger partial charge is 0.239 e. The summed E-state index contributed by atoms with van der Waals surface area (Å²) in [4.78, 5) is 11.0. The molecule has 70 valence electrons. The zero-order valence-corrected chi connectivity index (χ0v) is 7.64. The molecule has 1 amide bonds. The van der Waals surface area contributed by atoms with Crippen molar-refractivity contribution in [3.8, 4) is 0 Å². The third-order valence-corrected chi connectivity index (χ3v) is 1.64. The Hall–Kier alpha value is -1.10. The maximum Gasteiger partial charge on any atom is 0.239 e. The number of hydrazine groups is 1. The molecule has 0 saturated heterocycles. The molecule has 0 fully saturated rings. The Kier molecular flexibility index (Phi) is 3.70. The molecule has 0 aliphatic carbocycles. The van der Waals surface area contributed by atoms with Gasteiger partial charge in [-0.15, -0.1) is 0 Å². The van der Waals surface area contributed by atoms with E-state index in [1.165, 1.54) is 0 Å². The van der Waals surface area contributed by atoms with Crippen molar-refractivity contribution >= 4 is 23.2 Å². The van der Waals surface area contributed by atoms with Crippen molar-refractivity contribution in [3.63, 3.8) is 0 Å². The lowest BCUT2D eigenvalue weighted by molar-refractivity contribution is -0.115. The van der Waals surface area contributed by atoms with Crippen LogP contribution in [-0.2, 0) is 4.79 Å². The molecular weight excluding hydrogens is 190 g/mol. The summed E-state index contributed by atoms with van der Waals surface area (Å²) in [5, 5.41) is 3.26. The van der Waals surface area contributed by atoms with Crippen molar-refractivity contribution in [2.75, 3.05) is 11.9 Å². The number of hydrogen-bond donors (Lipinski definition) is 3. The first-order valence-electron chi connectivity index (χ1n) is 3.71. The summed E-state index contributed by atoms with van der Waals surface area (Å²) in [6.45, 7) is 0.0859. The zero-order valence-electron chi connectivity index (χ0n) is 6.88. The van der Waals surface area contributed by atoms with Crippen molar-refractivity contribution in [3.05, 3.63) is 29.3 Å². The van der Waals surface area contributed by atoms with Crippen LogP contribution in [-0.4, -0.2) is 12.5 Å². The number of carbonyl (C=O) groups excluding carboxylic acids is 1. The van der Waals surface area contributed by atoms with Crippen LogP contribution in [0, 0.1) is 0 Å². The molecule has 1 aromatic carbocycles. The monoisotopic (exact) mass is 199 g/mol. The Labute approximate surface area is 81.0 Å². The maximum atomic E-state index is 11.0. The van der Waals surface area contributed by atoms with Gasteiger partial charge in [0.1, 0.15) is 0 Å². The van der Waals surface area contributed by atoms with Gasteiger partial charge in [0.2, 0.25) is 5.91 Å². The lowest BCUT2D eigenvalue weighted by Crippen LogP contribution is -2.32. The number of amides is 1. The molecule has 1 aromatic rings. The van der Waals surface area contributed by atoms with E-state index in [-0.39, 0.29) is 12.5 Å². The summed E-state index contributed by atoms with van der Waals surface area (Å²) in [7, 11) is 0. The average Bonchev–Trinajstić information content (AvgIpc) is 2.09. The highest BCUT2D eigenvalue weighted by Crippen LogP contribution is 2.12. The van der Waals surface area contributed by atoms with Crippen LogP contribution in [0.15, 0.2) is 24.3 Å². The summed E-state index contributed by atoms with van der Waals surface area (Å²) < 4.78 is 0. The van der Waals surface area contributed by atoms with Gasteiger partial charge in [-0.25, -0.2) is 0 Å². The number of benzene rings is 1. The normalized spacial score (nSPS) is 9.69. The van der Waals surface area contributed by atoms with Crippen molar-refractivity contribution in [2.24, 2.45) is 5.84 Å². The summed E-state index contributed by atoms with van der Waals surface area (Å²) in [5.41, 5.74) is 2.96. The number of anilines is 1. The topological polar surface area (TPSA) is 67.1 Å². The van der Waals surface area contributed by atoms with E-state index >= 15 is 0 Å². The molecule has 0 aliphatic rings. The number of carbonyl (C=O) groups is 1. The van der Waals surface area contributed by atoms with E-state index in [9.17, 15) is 4.79 Å². The lowest BCUT2D eigenvalue weighted by Gasteiger charge is -2.03. The second kappa shape index (κ2) is 4.81. The van der Waals surface area contributed by atoms with Gasteiger partial charge in [-0.05, 0) is 24.3 Å². The fourth-order valence-corrected chi connectivity index (χ4v) is 0.957. The van der Waals surface area contributed by atoms with Gasteiger partial charge in [0.15, 0.2) is 0 Å². The fourth-order valence-electron chi connectivity index (χ4n) is 0.831. The largest absolute Gasteiger partial charge is 0.325 e. The average molecular weight is 200 g/mol. The van der Waals surface area contributed by atoms with E-state index in [0.717, 1.165) is 0 Å². The zero-order chi connectivity index (χ0) is 9.68. The van der Waals surface area contributed by atoms with Gasteiger partial charge in [-0.2, -0.15) is 0 Å². The number of hydrogen-bond acceptors (Lipinski definition) is 3. The van der Waals surface area contributed by atoms with Gasteiger partial charge < -0.3 is 5.32 Å². The molecule has 0 heterocycles. The first-order chi connectivity index (χ1) is 6.22. The minimum Gasteiger partial charge on any atom is -0.325 e. The Morgan fingerprint density at radius 2 is 2.00 bits per heavy atom. The number of halogens is 1. The molecular formula is C8H10ClN3O. The predicted octanol–water partition coefficient (Wildman–Crippen LogP) is 0.742. The fraction of sp³-hybridized carbons (Fsp3) is 0.125. The van der Waals surface area contributed by atoms with Crippen LogP contribution in [0.4, 0.5) is 5.69 Å². The Morgan fingerprint density at radius 1 is 1.38 bits per heavy atom. The van der Waals surface area contributed by atoms with Gasteiger partial charge in [0.05, 0.1) is 6.54 Å². The number of nitrogens with one attached hydrogen (secondary N) is 2. The molecule has 13 heavy (non-hydrogen) atoms. The number of nitrogens with two attached hydrogens (primary N) is 1.